The summed E-state index contributed by atoms with van der Waals surface area (Å²) in [6.45, 7) is 4.87. The molecule has 0 unspecified atom stereocenters. The van der Waals surface area contributed by atoms with E-state index in [4.69, 9.17) is 4.74 Å². The number of rotatable bonds is 5. The van der Waals surface area contributed by atoms with Crippen LogP contribution in [-0.4, -0.2) is 43.1 Å². The average Bonchev–Trinajstić information content (AvgIpc) is 3.06. The maximum atomic E-state index is 13.6. The lowest BCUT2D eigenvalue weighted by atomic mass is 9.94. The van der Waals surface area contributed by atoms with E-state index in [1.807, 2.05) is 0 Å². The summed E-state index contributed by atoms with van der Waals surface area (Å²) in [6.07, 6.45) is 4.75. The van der Waals surface area contributed by atoms with Crippen LogP contribution in [0.2, 0.25) is 17.8 Å². The van der Waals surface area contributed by atoms with Gasteiger partial charge in [-0.3, -0.25) is 4.79 Å². The molecule has 4 nitrogen and oxygen atoms in total. The second-order valence-electron chi connectivity index (χ2n) is 7.21. The van der Waals surface area contributed by atoms with Crippen LogP contribution in [0, 0.1) is 5.82 Å². The van der Waals surface area contributed by atoms with Crippen molar-refractivity contribution in [3.05, 3.63) is 29.7 Å². The fourth-order valence-corrected chi connectivity index (χ4v) is 8.29. The molecule has 0 spiro atoms. The zero-order valence-electron chi connectivity index (χ0n) is 15.2. The molecule has 1 heterocycles. The number of benzene rings is 1. The Morgan fingerprint density at radius 3 is 2.56 bits per heavy atom. The Labute approximate surface area is 152 Å². The summed E-state index contributed by atoms with van der Waals surface area (Å²) in [5.41, 5.74) is 1.05. The highest BCUT2D eigenvalue weighted by Gasteiger charge is 2.33. The van der Waals surface area contributed by atoms with E-state index >= 15 is 0 Å². The molecule has 0 bridgehead atoms. The number of carbonyl (C=O) groups is 1. The Kier molecular flexibility index (Phi) is 5.33. The number of amides is 1. The van der Waals surface area contributed by atoms with E-state index in [1.54, 1.807) is 6.07 Å². The molecule has 0 aliphatic heterocycles. The third-order valence-corrected chi connectivity index (χ3v) is 13.4. The van der Waals surface area contributed by atoms with Gasteiger partial charge < -0.3 is 15.0 Å². The number of aromatic amines is 1. The smallest absolute Gasteiger partial charge is 0.267 e. The number of hydrogen-bond acceptors (Lipinski definition) is 2. The van der Waals surface area contributed by atoms with Crippen molar-refractivity contribution >= 4 is 35.8 Å². The van der Waals surface area contributed by atoms with E-state index in [0.29, 0.717) is 17.0 Å². The monoisotopic (exact) mass is 378 g/mol. The van der Waals surface area contributed by atoms with Gasteiger partial charge in [-0.25, -0.2) is 4.39 Å². The number of ether oxygens (including phenoxy) is 1. The van der Waals surface area contributed by atoms with E-state index in [0.717, 1.165) is 22.9 Å². The second-order valence-corrected chi connectivity index (χ2v) is 12.6. The summed E-state index contributed by atoms with van der Waals surface area (Å²) in [7, 11) is 1.56. The summed E-state index contributed by atoms with van der Waals surface area (Å²) in [6, 6.07) is 4.73. The molecule has 2 aromatic rings. The summed E-state index contributed by atoms with van der Waals surface area (Å²) in [4.78, 5) is 15.6. The minimum absolute atomic E-state index is 0.0264. The Balaban J connectivity index is 1.71. The summed E-state index contributed by atoms with van der Waals surface area (Å²) in [5, 5.41) is 3.89. The minimum Gasteiger partial charge on any atom is -0.496 e. The summed E-state index contributed by atoms with van der Waals surface area (Å²) >= 11 is 0. The highest BCUT2D eigenvalue weighted by Crippen LogP contribution is 2.41. The summed E-state index contributed by atoms with van der Waals surface area (Å²) in [5.74, 6) is -0.0542. The Morgan fingerprint density at radius 1 is 1.28 bits per heavy atom. The van der Waals surface area contributed by atoms with Crippen LogP contribution in [0.25, 0.3) is 10.9 Å². The molecule has 1 aliphatic rings. The van der Waals surface area contributed by atoms with Crippen molar-refractivity contribution in [2.24, 2.45) is 0 Å². The first kappa shape index (κ1) is 18.2. The highest BCUT2D eigenvalue weighted by atomic mass is 28.3. The van der Waals surface area contributed by atoms with Crippen molar-refractivity contribution in [1.82, 2.24) is 10.3 Å². The van der Waals surface area contributed by atoms with Crippen molar-refractivity contribution in [3.8, 4) is 5.75 Å². The van der Waals surface area contributed by atoms with Crippen molar-refractivity contribution in [2.75, 3.05) is 7.11 Å². The fraction of sp³-hybridized carbons (Fsp3) is 0.500. The Hall–Kier alpha value is -1.61. The minimum atomic E-state index is -0.380. The molecule has 1 amide bonds. The van der Waals surface area contributed by atoms with E-state index in [2.05, 4.69) is 23.4 Å². The first-order valence-corrected chi connectivity index (χ1v) is 13.4. The first-order chi connectivity index (χ1) is 12.0. The van der Waals surface area contributed by atoms with Crippen LogP contribution in [0.4, 0.5) is 4.39 Å². The lowest BCUT2D eigenvalue weighted by Crippen LogP contribution is -2.41. The van der Waals surface area contributed by atoms with Crippen molar-refractivity contribution in [1.29, 1.82) is 0 Å². The number of halogens is 1. The van der Waals surface area contributed by atoms with E-state index in [9.17, 15) is 9.18 Å². The van der Waals surface area contributed by atoms with Gasteiger partial charge in [-0.2, -0.15) is 0 Å². The van der Waals surface area contributed by atoms with Crippen LogP contribution in [0.15, 0.2) is 18.2 Å². The predicted molar refractivity (Wildman–Crippen MR) is 106 cm³/mol. The van der Waals surface area contributed by atoms with Crippen molar-refractivity contribution in [3.63, 3.8) is 0 Å². The van der Waals surface area contributed by atoms with Gasteiger partial charge >= 0.3 is 0 Å². The van der Waals surface area contributed by atoms with Gasteiger partial charge in [0, 0.05) is 36.5 Å². The fourth-order valence-electron chi connectivity index (χ4n) is 4.06. The Bertz CT molecular complexity index is 764. The number of methoxy groups -OCH3 is 1. The Morgan fingerprint density at radius 2 is 1.96 bits per heavy atom. The molecule has 0 atom stereocenters. The normalized spacial score (nSPS) is 24.6. The molecule has 3 rings (SSSR count). The number of H-pyrrole nitrogens is 1. The van der Waals surface area contributed by atoms with Crippen LogP contribution in [0.3, 0.4) is 0 Å². The molecule has 0 radical (unpaired) electrons. The molecule has 0 saturated heterocycles. The van der Waals surface area contributed by atoms with Crippen molar-refractivity contribution in [2.45, 2.75) is 49.5 Å². The lowest BCUT2D eigenvalue weighted by molar-refractivity contribution is 0.0922. The lowest BCUT2D eigenvalue weighted by Gasteiger charge is -2.39. The van der Waals surface area contributed by atoms with E-state index in [-0.39, 0.29) is 36.8 Å². The number of aromatic nitrogens is 1. The van der Waals surface area contributed by atoms with Gasteiger partial charge in [0.25, 0.3) is 5.91 Å². The SMILES string of the molecule is COc1cc(F)cc2[nH]c(C(=O)NC3CCC([SiH2]C)([SiH2]C)CC3)cc12. The maximum absolute atomic E-state index is 13.6. The third kappa shape index (κ3) is 3.67. The molecule has 1 aromatic heterocycles. The molecule has 1 aromatic carbocycles. The molecular formula is C18H27FN2O2Si2. The zero-order chi connectivity index (χ0) is 18.0. The molecule has 7 heteroatoms. The molecule has 1 aliphatic carbocycles. The molecule has 136 valence electrons. The van der Waals surface area contributed by atoms with Crippen LogP contribution in [0.1, 0.15) is 36.2 Å². The molecule has 2 N–H and O–H groups in total. The van der Waals surface area contributed by atoms with Gasteiger partial charge in [-0.05, 0) is 29.6 Å². The standard InChI is InChI=1S/C18H27FN2O2Si2/c1-23-16-9-11(19)8-14-13(16)10-15(21-14)17(22)20-12-4-6-18(24-2,25-3)7-5-12/h8-10,12,21H,4-7,24-25H2,1-3H3,(H,20,22). The maximum Gasteiger partial charge on any atom is 0.267 e. The number of nitrogens with one attached hydrogen (secondary N) is 2. The third-order valence-electron chi connectivity index (χ3n) is 6.01. The summed E-state index contributed by atoms with van der Waals surface area (Å²) < 4.78 is 19.6. The van der Waals surface area contributed by atoms with Gasteiger partial charge in [0.15, 0.2) is 0 Å². The van der Waals surface area contributed by atoms with Crippen LogP contribution in [-0.2, 0) is 0 Å². The topological polar surface area (TPSA) is 54.1 Å². The number of carbonyl (C=O) groups excluding carboxylic acids is 1. The van der Waals surface area contributed by atoms with Gasteiger partial charge in [-0.1, -0.05) is 25.9 Å². The van der Waals surface area contributed by atoms with Crippen molar-refractivity contribution < 1.29 is 13.9 Å². The number of fused-ring (bicyclic) bond motifs is 1. The largest absolute Gasteiger partial charge is 0.496 e. The van der Waals surface area contributed by atoms with Crippen LogP contribution < -0.4 is 10.1 Å². The molecular weight excluding hydrogens is 351 g/mol. The van der Waals surface area contributed by atoms with Crippen LogP contribution in [0.5, 0.6) is 5.75 Å². The average molecular weight is 379 g/mol. The van der Waals surface area contributed by atoms with Gasteiger partial charge in [0.05, 0.1) is 12.6 Å². The van der Waals surface area contributed by atoms with E-state index < -0.39 is 0 Å². The van der Waals surface area contributed by atoms with Gasteiger partial charge in [0.2, 0.25) is 0 Å². The predicted octanol–water partition coefficient (Wildman–Crippen LogP) is 2.54. The first-order valence-electron chi connectivity index (χ1n) is 9.17. The van der Waals surface area contributed by atoms with Crippen LogP contribution >= 0.6 is 0 Å². The molecule has 1 saturated carbocycles. The van der Waals surface area contributed by atoms with E-state index in [1.165, 1.54) is 32.1 Å². The molecule has 1 fully saturated rings. The zero-order valence-corrected chi connectivity index (χ0v) is 18.1. The highest BCUT2D eigenvalue weighted by molar-refractivity contribution is 6.60. The molecule has 25 heavy (non-hydrogen) atoms. The van der Waals surface area contributed by atoms with Gasteiger partial charge in [0.1, 0.15) is 17.3 Å². The number of hydrogen-bond donors (Lipinski definition) is 2. The second kappa shape index (κ2) is 7.33. The quantitative estimate of drug-likeness (QED) is 0.786. The van der Waals surface area contributed by atoms with Gasteiger partial charge in [-0.15, -0.1) is 0 Å².